The van der Waals surface area contributed by atoms with Crippen LogP contribution in [0, 0.1) is 0 Å². The summed E-state index contributed by atoms with van der Waals surface area (Å²) >= 11 is 0. The fourth-order valence-electron chi connectivity index (χ4n) is 1.08. The van der Waals surface area contributed by atoms with E-state index in [9.17, 15) is 0 Å². The molecule has 3 unspecified atom stereocenters. The summed E-state index contributed by atoms with van der Waals surface area (Å²) in [6, 6.07) is 0. The molecule has 72 valence electrons. The van der Waals surface area contributed by atoms with Gasteiger partial charge in [-0.05, 0) is 6.92 Å². The fourth-order valence-corrected chi connectivity index (χ4v) is 1.08. The second-order valence-electron chi connectivity index (χ2n) is 3.29. The Labute approximate surface area is 74.0 Å². The molecule has 0 aliphatic carbocycles. The van der Waals surface area contributed by atoms with Crippen LogP contribution < -0.4 is 0 Å². The highest BCUT2D eigenvalue weighted by Gasteiger charge is 2.27. The lowest BCUT2D eigenvalue weighted by Crippen LogP contribution is -2.14. The zero-order chi connectivity index (χ0) is 7.68. The smallest absolute Gasteiger partial charge is 0.104 e. The van der Waals surface area contributed by atoms with Gasteiger partial charge in [0.05, 0.1) is 32.0 Å². The van der Waals surface area contributed by atoms with Crippen molar-refractivity contribution in [3.8, 4) is 0 Å². The summed E-state index contributed by atoms with van der Waals surface area (Å²) in [6.45, 7) is 4.65. The van der Waals surface area contributed by atoms with Crippen LogP contribution in [0.15, 0.2) is 0 Å². The molecule has 0 radical (unpaired) electrons. The lowest BCUT2D eigenvalue weighted by atomic mass is 10.2. The van der Waals surface area contributed by atoms with Crippen LogP contribution in [0.1, 0.15) is 20.8 Å². The van der Waals surface area contributed by atoms with Gasteiger partial charge < -0.3 is 14.2 Å². The van der Waals surface area contributed by atoms with E-state index in [4.69, 9.17) is 14.2 Å². The minimum Gasteiger partial charge on any atom is -0.376 e. The summed E-state index contributed by atoms with van der Waals surface area (Å²) in [4.78, 5) is 0. The van der Waals surface area contributed by atoms with Crippen LogP contribution in [0.25, 0.3) is 0 Å². The average molecular weight is 174 g/mol. The Kier molecular flexibility index (Phi) is 3.50. The van der Waals surface area contributed by atoms with Gasteiger partial charge in [-0.3, -0.25) is 0 Å². The van der Waals surface area contributed by atoms with Crippen LogP contribution in [0.2, 0.25) is 0 Å². The summed E-state index contributed by atoms with van der Waals surface area (Å²) < 4.78 is 15.6. The Balaban J connectivity index is 0.000000720. The molecule has 0 bridgehead atoms. The molecular weight excluding hydrogens is 156 g/mol. The molecule has 3 atom stereocenters. The minimum atomic E-state index is 0. The third-order valence-electron chi connectivity index (χ3n) is 1.97. The lowest BCUT2D eigenvalue weighted by Gasteiger charge is -2.09. The largest absolute Gasteiger partial charge is 0.376 e. The van der Waals surface area contributed by atoms with Gasteiger partial charge in [0, 0.05) is 6.42 Å². The Morgan fingerprint density at radius 3 is 2.42 bits per heavy atom. The summed E-state index contributed by atoms with van der Waals surface area (Å²) in [6.07, 6.45) is 2.22. The van der Waals surface area contributed by atoms with E-state index in [0.717, 1.165) is 26.2 Å². The molecule has 0 aromatic rings. The molecule has 0 aromatic carbocycles. The zero-order valence-electron chi connectivity index (χ0n) is 6.79. The lowest BCUT2D eigenvalue weighted by molar-refractivity contribution is 0.0445. The van der Waals surface area contributed by atoms with Crippen molar-refractivity contribution in [2.45, 2.75) is 39.1 Å². The van der Waals surface area contributed by atoms with Crippen LogP contribution in [0.5, 0.6) is 0 Å². The van der Waals surface area contributed by atoms with Gasteiger partial charge >= 0.3 is 0 Å². The predicted octanol–water partition coefficient (Wildman–Crippen LogP) is 1.22. The van der Waals surface area contributed by atoms with Crippen LogP contribution in [-0.4, -0.2) is 38.1 Å². The van der Waals surface area contributed by atoms with Gasteiger partial charge in [0.1, 0.15) is 6.10 Å². The Bertz CT molecular complexity index is 130. The Morgan fingerprint density at radius 2 is 1.92 bits per heavy atom. The maximum Gasteiger partial charge on any atom is 0.104 e. The van der Waals surface area contributed by atoms with Gasteiger partial charge in [0.15, 0.2) is 0 Å². The van der Waals surface area contributed by atoms with Gasteiger partial charge in [-0.15, -0.1) is 0 Å². The first kappa shape index (κ1) is 9.96. The normalized spacial score (nSPS) is 33.8. The zero-order valence-corrected chi connectivity index (χ0v) is 6.79. The maximum absolute atomic E-state index is 5.51. The third-order valence-corrected chi connectivity index (χ3v) is 1.97. The third kappa shape index (κ3) is 3.52. The summed E-state index contributed by atoms with van der Waals surface area (Å²) in [7, 11) is 0. The molecule has 2 saturated heterocycles. The topological polar surface area (TPSA) is 34.3 Å². The monoisotopic (exact) mass is 174 g/mol. The summed E-state index contributed by atoms with van der Waals surface area (Å²) in [5.74, 6) is 0. The van der Waals surface area contributed by atoms with Crippen molar-refractivity contribution < 1.29 is 14.2 Å². The first-order valence-corrected chi connectivity index (χ1v) is 4.19. The summed E-state index contributed by atoms with van der Waals surface area (Å²) in [5, 5.41) is 0. The van der Waals surface area contributed by atoms with E-state index in [0.29, 0.717) is 18.3 Å². The number of epoxide rings is 2. The van der Waals surface area contributed by atoms with Crippen molar-refractivity contribution in [2.24, 2.45) is 0 Å². The molecule has 0 aromatic heterocycles. The van der Waals surface area contributed by atoms with Crippen molar-refractivity contribution in [3.05, 3.63) is 0 Å². The fraction of sp³-hybridized carbons (Fsp3) is 1.00. The Hall–Kier alpha value is -0.120. The van der Waals surface area contributed by atoms with E-state index < -0.39 is 0 Å². The van der Waals surface area contributed by atoms with E-state index in [1.165, 1.54) is 0 Å². The maximum atomic E-state index is 5.51. The second-order valence-corrected chi connectivity index (χ2v) is 3.29. The van der Waals surface area contributed by atoms with Crippen LogP contribution in [0.4, 0.5) is 0 Å². The number of hydrogen-bond donors (Lipinski definition) is 0. The number of rotatable bonds is 5. The van der Waals surface area contributed by atoms with Crippen molar-refractivity contribution >= 4 is 0 Å². The Morgan fingerprint density at radius 1 is 1.33 bits per heavy atom. The second kappa shape index (κ2) is 4.21. The first-order valence-electron chi connectivity index (χ1n) is 4.19. The molecule has 2 aliphatic heterocycles. The standard InChI is InChI=1S/C8H14O3.CH4/c1-6(2-7-3-10-7)9-4-8-5-11-8;/h6-8H,2-5H2,1H3;1H4. The van der Waals surface area contributed by atoms with E-state index >= 15 is 0 Å². The van der Waals surface area contributed by atoms with Crippen molar-refractivity contribution in [2.75, 3.05) is 19.8 Å². The molecule has 0 amide bonds. The molecule has 2 fully saturated rings. The molecule has 0 N–H and O–H groups in total. The van der Waals surface area contributed by atoms with Gasteiger partial charge in [-0.25, -0.2) is 0 Å². The number of hydrogen-bond acceptors (Lipinski definition) is 3. The first-order chi connectivity index (χ1) is 5.34. The van der Waals surface area contributed by atoms with Gasteiger partial charge in [0.25, 0.3) is 0 Å². The van der Waals surface area contributed by atoms with E-state index in [-0.39, 0.29) is 7.43 Å². The van der Waals surface area contributed by atoms with Crippen molar-refractivity contribution in [3.63, 3.8) is 0 Å². The molecule has 3 nitrogen and oxygen atoms in total. The molecule has 2 aliphatic rings. The molecule has 0 spiro atoms. The van der Waals surface area contributed by atoms with Crippen molar-refractivity contribution in [1.82, 2.24) is 0 Å². The van der Waals surface area contributed by atoms with Crippen molar-refractivity contribution in [1.29, 1.82) is 0 Å². The van der Waals surface area contributed by atoms with Crippen LogP contribution in [0.3, 0.4) is 0 Å². The molecular formula is C9H18O3. The highest BCUT2D eigenvalue weighted by Crippen LogP contribution is 2.18. The molecule has 12 heavy (non-hydrogen) atoms. The SMILES string of the molecule is C.CC(CC1CO1)OCC1CO1. The van der Waals surface area contributed by atoms with Gasteiger partial charge in [0.2, 0.25) is 0 Å². The number of ether oxygens (including phenoxy) is 3. The quantitative estimate of drug-likeness (QED) is 0.588. The average Bonchev–Trinajstić information content (AvgIpc) is 2.80. The minimum absolute atomic E-state index is 0. The molecule has 3 heteroatoms. The molecule has 2 rings (SSSR count). The van der Waals surface area contributed by atoms with E-state index in [2.05, 4.69) is 6.92 Å². The van der Waals surface area contributed by atoms with Gasteiger partial charge in [-0.2, -0.15) is 0 Å². The molecule has 0 saturated carbocycles. The molecule has 2 heterocycles. The van der Waals surface area contributed by atoms with E-state index in [1.54, 1.807) is 0 Å². The summed E-state index contributed by atoms with van der Waals surface area (Å²) in [5.41, 5.74) is 0. The van der Waals surface area contributed by atoms with Crippen LogP contribution in [-0.2, 0) is 14.2 Å². The van der Waals surface area contributed by atoms with E-state index in [1.807, 2.05) is 0 Å². The van der Waals surface area contributed by atoms with Gasteiger partial charge in [-0.1, -0.05) is 7.43 Å². The highest BCUT2D eigenvalue weighted by atomic mass is 16.6. The highest BCUT2D eigenvalue weighted by molar-refractivity contribution is 4.73. The predicted molar refractivity (Wildman–Crippen MR) is 46.2 cm³/mol. The van der Waals surface area contributed by atoms with Crippen LogP contribution >= 0.6 is 0 Å².